The predicted molar refractivity (Wildman–Crippen MR) is 73.8 cm³/mol. The Balaban J connectivity index is 1.92. The molecule has 3 heteroatoms. The van der Waals surface area contributed by atoms with E-state index in [9.17, 15) is 0 Å². The molecular formula is C15H20N2O. The Hall–Kier alpha value is -1.32. The van der Waals surface area contributed by atoms with E-state index in [1.165, 1.54) is 22.2 Å². The number of fused-ring (bicyclic) bond motifs is 1. The molecule has 0 aliphatic carbocycles. The lowest BCUT2D eigenvalue weighted by atomic mass is 10.1. The van der Waals surface area contributed by atoms with Crippen molar-refractivity contribution >= 4 is 10.9 Å². The first kappa shape index (κ1) is 11.8. The van der Waals surface area contributed by atoms with E-state index in [0.717, 1.165) is 32.8 Å². The van der Waals surface area contributed by atoms with E-state index in [4.69, 9.17) is 4.74 Å². The Morgan fingerprint density at radius 3 is 2.72 bits per heavy atom. The van der Waals surface area contributed by atoms with Gasteiger partial charge in [0.05, 0.1) is 13.2 Å². The molecule has 0 saturated carbocycles. The standard InChI is InChI=1S/C15H20N2O/c1-12-4-3-5-15-14(12)10-13(16(15)2)11-17-6-8-18-9-7-17/h3-5,10H,6-9,11H2,1-2H3. The Kier molecular flexibility index (Phi) is 3.10. The molecule has 2 aromatic rings. The van der Waals surface area contributed by atoms with Gasteiger partial charge in [0.1, 0.15) is 0 Å². The molecule has 0 N–H and O–H groups in total. The summed E-state index contributed by atoms with van der Waals surface area (Å²) in [5, 5.41) is 1.38. The van der Waals surface area contributed by atoms with Gasteiger partial charge in [0.2, 0.25) is 0 Å². The van der Waals surface area contributed by atoms with Gasteiger partial charge in [-0.3, -0.25) is 4.90 Å². The second kappa shape index (κ2) is 4.75. The summed E-state index contributed by atoms with van der Waals surface area (Å²) in [5.41, 5.74) is 4.08. The van der Waals surface area contributed by atoms with Gasteiger partial charge < -0.3 is 9.30 Å². The average molecular weight is 244 g/mol. The molecule has 1 aromatic carbocycles. The molecule has 1 aromatic heterocycles. The van der Waals surface area contributed by atoms with Crippen molar-refractivity contribution in [1.82, 2.24) is 9.47 Å². The number of hydrogen-bond donors (Lipinski definition) is 0. The lowest BCUT2D eigenvalue weighted by Crippen LogP contribution is -2.36. The van der Waals surface area contributed by atoms with Crippen molar-refractivity contribution in [3.05, 3.63) is 35.5 Å². The number of benzene rings is 1. The molecule has 0 spiro atoms. The van der Waals surface area contributed by atoms with Crippen LogP contribution in [0.15, 0.2) is 24.3 Å². The number of rotatable bonds is 2. The van der Waals surface area contributed by atoms with Crippen molar-refractivity contribution in [3.8, 4) is 0 Å². The van der Waals surface area contributed by atoms with Crippen LogP contribution in [0.4, 0.5) is 0 Å². The van der Waals surface area contributed by atoms with Crippen LogP contribution in [-0.2, 0) is 18.3 Å². The highest BCUT2D eigenvalue weighted by molar-refractivity contribution is 5.84. The molecule has 0 unspecified atom stereocenters. The van der Waals surface area contributed by atoms with Gasteiger partial charge in [-0.05, 0) is 24.6 Å². The average Bonchev–Trinajstić information content (AvgIpc) is 2.70. The third-order valence-corrected chi connectivity index (χ3v) is 3.89. The van der Waals surface area contributed by atoms with E-state index >= 15 is 0 Å². The SMILES string of the molecule is Cc1cccc2c1cc(CN1CCOCC1)n2C. The summed E-state index contributed by atoms with van der Waals surface area (Å²) in [4.78, 5) is 2.47. The van der Waals surface area contributed by atoms with Gasteiger partial charge in [0, 0.05) is 43.3 Å². The molecule has 0 atom stereocenters. The number of ether oxygens (including phenoxy) is 1. The molecule has 1 fully saturated rings. The lowest BCUT2D eigenvalue weighted by molar-refractivity contribution is 0.0333. The van der Waals surface area contributed by atoms with Crippen LogP contribution in [0.1, 0.15) is 11.3 Å². The second-order valence-electron chi connectivity index (χ2n) is 5.09. The minimum atomic E-state index is 0.864. The molecule has 3 nitrogen and oxygen atoms in total. The summed E-state index contributed by atoms with van der Waals surface area (Å²) in [7, 11) is 2.16. The van der Waals surface area contributed by atoms with E-state index in [1.54, 1.807) is 0 Å². The van der Waals surface area contributed by atoms with Crippen LogP contribution in [0.5, 0.6) is 0 Å². The van der Waals surface area contributed by atoms with E-state index in [-0.39, 0.29) is 0 Å². The van der Waals surface area contributed by atoms with Crippen LogP contribution in [0.25, 0.3) is 10.9 Å². The summed E-state index contributed by atoms with van der Waals surface area (Å²) >= 11 is 0. The van der Waals surface area contributed by atoms with Gasteiger partial charge in [-0.1, -0.05) is 12.1 Å². The maximum absolute atomic E-state index is 5.40. The Morgan fingerprint density at radius 1 is 1.22 bits per heavy atom. The molecular weight excluding hydrogens is 224 g/mol. The van der Waals surface area contributed by atoms with E-state index < -0.39 is 0 Å². The molecule has 96 valence electrons. The Bertz CT molecular complexity index is 553. The molecule has 0 radical (unpaired) electrons. The van der Waals surface area contributed by atoms with Crippen molar-refractivity contribution in [2.45, 2.75) is 13.5 Å². The quantitative estimate of drug-likeness (QED) is 0.806. The zero-order valence-electron chi connectivity index (χ0n) is 11.1. The largest absolute Gasteiger partial charge is 0.379 e. The van der Waals surface area contributed by atoms with Crippen molar-refractivity contribution in [2.24, 2.45) is 7.05 Å². The van der Waals surface area contributed by atoms with Crippen molar-refractivity contribution < 1.29 is 4.74 Å². The van der Waals surface area contributed by atoms with Gasteiger partial charge in [0.15, 0.2) is 0 Å². The lowest BCUT2D eigenvalue weighted by Gasteiger charge is -2.26. The Morgan fingerprint density at radius 2 is 2.00 bits per heavy atom. The molecule has 2 heterocycles. The highest BCUT2D eigenvalue weighted by Gasteiger charge is 2.14. The second-order valence-corrected chi connectivity index (χ2v) is 5.09. The highest BCUT2D eigenvalue weighted by atomic mass is 16.5. The first-order chi connectivity index (χ1) is 8.75. The number of morpholine rings is 1. The third-order valence-electron chi connectivity index (χ3n) is 3.89. The van der Waals surface area contributed by atoms with Gasteiger partial charge in [-0.25, -0.2) is 0 Å². The first-order valence-corrected chi connectivity index (χ1v) is 6.60. The van der Waals surface area contributed by atoms with Gasteiger partial charge >= 0.3 is 0 Å². The number of hydrogen-bond acceptors (Lipinski definition) is 2. The fourth-order valence-corrected chi connectivity index (χ4v) is 2.70. The Labute approximate surface area is 108 Å². The summed E-state index contributed by atoms with van der Waals surface area (Å²) in [5.74, 6) is 0. The van der Waals surface area contributed by atoms with Crippen LogP contribution in [0, 0.1) is 6.92 Å². The highest BCUT2D eigenvalue weighted by Crippen LogP contribution is 2.23. The smallest absolute Gasteiger partial charge is 0.0594 e. The van der Waals surface area contributed by atoms with Crippen LogP contribution >= 0.6 is 0 Å². The molecule has 0 bridgehead atoms. The molecule has 1 saturated heterocycles. The number of nitrogens with zero attached hydrogens (tertiary/aromatic N) is 2. The minimum absolute atomic E-state index is 0.864. The van der Waals surface area contributed by atoms with Crippen LogP contribution < -0.4 is 0 Å². The van der Waals surface area contributed by atoms with Crippen LogP contribution in [-0.4, -0.2) is 35.8 Å². The van der Waals surface area contributed by atoms with Crippen molar-refractivity contribution in [2.75, 3.05) is 26.3 Å². The van der Waals surface area contributed by atoms with Gasteiger partial charge in [-0.15, -0.1) is 0 Å². The predicted octanol–water partition coefficient (Wildman–Crippen LogP) is 2.32. The van der Waals surface area contributed by atoms with Crippen LogP contribution in [0.3, 0.4) is 0 Å². The molecule has 1 aliphatic rings. The van der Waals surface area contributed by atoms with E-state index in [2.05, 4.69) is 47.7 Å². The van der Waals surface area contributed by atoms with E-state index in [1.807, 2.05) is 0 Å². The van der Waals surface area contributed by atoms with Crippen LogP contribution in [0.2, 0.25) is 0 Å². The minimum Gasteiger partial charge on any atom is -0.379 e. The number of aromatic nitrogens is 1. The maximum atomic E-state index is 5.40. The van der Waals surface area contributed by atoms with Gasteiger partial charge in [0.25, 0.3) is 0 Å². The molecule has 3 rings (SSSR count). The fourth-order valence-electron chi connectivity index (χ4n) is 2.70. The summed E-state index contributed by atoms with van der Waals surface area (Å²) in [6, 6.07) is 8.85. The third kappa shape index (κ3) is 2.04. The topological polar surface area (TPSA) is 17.4 Å². The van der Waals surface area contributed by atoms with Gasteiger partial charge in [-0.2, -0.15) is 0 Å². The first-order valence-electron chi connectivity index (χ1n) is 6.60. The normalized spacial score (nSPS) is 17.4. The fraction of sp³-hybridized carbons (Fsp3) is 0.467. The molecule has 0 amide bonds. The zero-order valence-corrected chi connectivity index (χ0v) is 11.1. The summed E-state index contributed by atoms with van der Waals surface area (Å²) in [6.45, 7) is 7.02. The maximum Gasteiger partial charge on any atom is 0.0594 e. The molecule has 1 aliphatic heterocycles. The van der Waals surface area contributed by atoms with Crippen molar-refractivity contribution in [1.29, 1.82) is 0 Å². The summed E-state index contributed by atoms with van der Waals surface area (Å²) in [6.07, 6.45) is 0. The zero-order chi connectivity index (χ0) is 12.5. The molecule has 18 heavy (non-hydrogen) atoms. The number of aryl methyl sites for hydroxylation is 2. The van der Waals surface area contributed by atoms with E-state index in [0.29, 0.717) is 0 Å². The summed E-state index contributed by atoms with van der Waals surface area (Å²) < 4.78 is 7.71. The monoisotopic (exact) mass is 244 g/mol. The van der Waals surface area contributed by atoms with Crippen molar-refractivity contribution in [3.63, 3.8) is 0 Å².